The molecule has 1 amide bonds. The highest BCUT2D eigenvalue weighted by atomic mass is 16.2. The molecule has 1 atom stereocenters. The molecule has 0 saturated heterocycles. The Morgan fingerprint density at radius 2 is 2.13 bits per heavy atom. The number of aromatic nitrogens is 2. The highest BCUT2D eigenvalue weighted by molar-refractivity contribution is 5.81. The summed E-state index contributed by atoms with van der Waals surface area (Å²) in [5.41, 5.74) is -0.362. The average molecular weight is 209 g/mol. The first kappa shape index (κ1) is 11.8. The van der Waals surface area contributed by atoms with Crippen LogP contribution in [0.5, 0.6) is 0 Å². The van der Waals surface area contributed by atoms with Gasteiger partial charge in [0.1, 0.15) is 5.82 Å². The number of aryl methyl sites for hydroxylation is 1. The predicted molar refractivity (Wildman–Crippen MR) is 59.2 cm³/mol. The van der Waals surface area contributed by atoms with Crippen LogP contribution >= 0.6 is 0 Å². The topological polar surface area (TPSA) is 46.9 Å². The lowest BCUT2D eigenvalue weighted by atomic mass is 9.95. The minimum Gasteiger partial charge on any atom is -0.346 e. The molecule has 15 heavy (non-hydrogen) atoms. The second-order valence-corrected chi connectivity index (χ2v) is 4.84. The Kier molecular flexibility index (Phi) is 3.17. The van der Waals surface area contributed by atoms with Crippen molar-refractivity contribution in [3.05, 3.63) is 18.2 Å². The van der Waals surface area contributed by atoms with Crippen LogP contribution < -0.4 is 5.32 Å². The zero-order chi connectivity index (χ0) is 11.6. The molecule has 0 aliphatic carbocycles. The van der Waals surface area contributed by atoms with Gasteiger partial charge in [-0.05, 0) is 6.92 Å². The van der Waals surface area contributed by atoms with E-state index in [-0.39, 0.29) is 17.4 Å². The third kappa shape index (κ3) is 2.81. The van der Waals surface area contributed by atoms with Crippen LogP contribution in [0.1, 0.15) is 39.6 Å². The van der Waals surface area contributed by atoms with Crippen molar-refractivity contribution in [3.63, 3.8) is 0 Å². The molecule has 1 heterocycles. The van der Waals surface area contributed by atoms with Gasteiger partial charge in [-0.2, -0.15) is 0 Å². The number of nitrogens with one attached hydrogen (secondary N) is 1. The molecule has 0 fully saturated rings. The van der Waals surface area contributed by atoms with E-state index in [4.69, 9.17) is 0 Å². The number of nitrogens with zero attached hydrogens (tertiary/aromatic N) is 2. The molecule has 4 nitrogen and oxygen atoms in total. The maximum Gasteiger partial charge on any atom is 0.225 e. The molecule has 0 bridgehead atoms. The summed E-state index contributed by atoms with van der Waals surface area (Å²) < 4.78 is 1.91. The lowest BCUT2D eigenvalue weighted by molar-refractivity contribution is -0.129. The monoisotopic (exact) mass is 209 g/mol. The van der Waals surface area contributed by atoms with Gasteiger partial charge >= 0.3 is 0 Å². The first-order valence-corrected chi connectivity index (χ1v) is 5.10. The lowest BCUT2D eigenvalue weighted by Gasteiger charge is -2.21. The van der Waals surface area contributed by atoms with Gasteiger partial charge in [-0.3, -0.25) is 4.79 Å². The third-order valence-electron chi connectivity index (χ3n) is 2.27. The van der Waals surface area contributed by atoms with E-state index < -0.39 is 0 Å². The fraction of sp³-hybridized carbons (Fsp3) is 0.636. The second kappa shape index (κ2) is 4.04. The van der Waals surface area contributed by atoms with Gasteiger partial charge in [0, 0.05) is 24.9 Å². The molecule has 0 saturated carbocycles. The number of imidazole rings is 1. The van der Waals surface area contributed by atoms with Gasteiger partial charge in [-0.1, -0.05) is 20.8 Å². The van der Waals surface area contributed by atoms with Crippen molar-refractivity contribution < 1.29 is 4.79 Å². The molecule has 0 radical (unpaired) electrons. The molecule has 1 aromatic rings. The number of rotatable bonds is 2. The van der Waals surface area contributed by atoms with Gasteiger partial charge < -0.3 is 9.88 Å². The Balaban J connectivity index is 2.69. The molecule has 0 aromatic carbocycles. The van der Waals surface area contributed by atoms with Crippen LogP contribution in [0, 0.1) is 5.41 Å². The summed E-state index contributed by atoms with van der Waals surface area (Å²) in [4.78, 5) is 15.9. The average Bonchev–Trinajstić information content (AvgIpc) is 2.49. The minimum atomic E-state index is -0.362. The molecular weight excluding hydrogens is 190 g/mol. The van der Waals surface area contributed by atoms with Gasteiger partial charge in [-0.15, -0.1) is 0 Å². The Labute approximate surface area is 90.7 Å². The summed E-state index contributed by atoms with van der Waals surface area (Å²) in [7, 11) is 1.92. The number of carbonyl (C=O) groups excluding carboxylic acids is 1. The SMILES string of the molecule is CC(NC(=O)C(C)(C)C)c1nccn1C. The smallest absolute Gasteiger partial charge is 0.225 e. The van der Waals surface area contributed by atoms with Crippen LogP contribution in [0.25, 0.3) is 0 Å². The maximum atomic E-state index is 11.7. The van der Waals surface area contributed by atoms with Crippen molar-refractivity contribution >= 4 is 5.91 Å². The molecule has 84 valence electrons. The molecule has 1 rings (SSSR count). The quantitative estimate of drug-likeness (QED) is 0.805. The second-order valence-electron chi connectivity index (χ2n) is 4.84. The first-order valence-electron chi connectivity index (χ1n) is 5.10. The van der Waals surface area contributed by atoms with Crippen LogP contribution in [0.15, 0.2) is 12.4 Å². The summed E-state index contributed by atoms with van der Waals surface area (Å²) >= 11 is 0. The maximum absolute atomic E-state index is 11.7. The number of amides is 1. The Bertz CT molecular complexity index is 349. The largest absolute Gasteiger partial charge is 0.346 e. The van der Waals surface area contributed by atoms with Crippen LogP contribution in [-0.2, 0) is 11.8 Å². The van der Waals surface area contributed by atoms with Gasteiger partial charge in [0.15, 0.2) is 0 Å². The minimum absolute atomic E-state index is 0.0398. The Morgan fingerprint density at radius 3 is 2.53 bits per heavy atom. The fourth-order valence-electron chi connectivity index (χ4n) is 1.27. The van der Waals surface area contributed by atoms with E-state index in [1.54, 1.807) is 6.20 Å². The standard InChI is InChI=1S/C11H19N3O/c1-8(9-12-6-7-14(9)5)13-10(15)11(2,3)4/h6-8H,1-5H3,(H,13,15). The molecule has 4 heteroatoms. The van der Waals surface area contributed by atoms with E-state index in [1.807, 2.05) is 45.5 Å². The summed E-state index contributed by atoms with van der Waals surface area (Å²) in [5.74, 6) is 0.908. The highest BCUT2D eigenvalue weighted by Gasteiger charge is 2.23. The molecule has 0 spiro atoms. The number of hydrogen-bond donors (Lipinski definition) is 1. The third-order valence-corrected chi connectivity index (χ3v) is 2.27. The summed E-state index contributed by atoms with van der Waals surface area (Å²) in [6, 6.07) is -0.0586. The van der Waals surface area contributed by atoms with Crippen LogP contribution in [0.3, 0.4) is 0 Å². The van der Waals surface area contributed by atoms with Crippen molar-refractivity contribution in [2.24, 2.45) is 12.5 Å². The lowest BCUT2D eigenvalue weighted by Crippen LogP contribution is -2.37. The van der Waals surface area contributed by atoms with E-state index in [0.29, 0.717) is 0 Å². The van der Waals surface area contributed by atoms with Crippen LogP contribution in [-0.4, -0.2) is 15.5 Å². The van der Waals surface area contributed by atoms with Gasteiger partial charge in [0.05, 0.1) is 6.04 Å². The van der Waals surface area contributed by atoms with Crippen molar-refractivity contribution in [2.45, 2.75) is 33.7 Å². The summed E-state index contributed by atoms with van der Waals surface area (Å²) in [5, 5.41) is 2.94. The van der Waals surface area contributed by atoms with E-state index in [2.05, 4.69) is 10.3 Å². The van der Waals surface area contributed by atoms with Crippen molar-refractivity contribution in [1.82, 2.24) is 14.9 Å². The Hall–Kier alpha value is -1.32. The molecule has 0 aliphatic heterocycles. The highest BCUT2D eigenvalue weighted by Crippen LogP contribution is 2.16. The van der Waals surface area contributed by atoms with Crippen molar-refractivity contribution in [3.8, 4) is 0 Å². The van der Waals surface area contributed by atoms with Crippen molar-refractivity contribution in [1.29, 1.82) is 0 Å². The molecule has 1 unspecified atom stereocenters. The van der Waals surface area contributed by atoms with E-state index in [1.165, 1.54) is 0 Å². The van der Waals surface area contributed by atoms with Gasteiger partial charge in [0.2, 0.25) is 5.91 Å². The predicted octanol–water partition coefficient (Wildman–Crippen LogP) is 1.64. The molecule has 1 aromatic heterocycles. The van der Waals surface area contributed by atoms with Gasteiger partial charge in [0.25, 0.3) is 0 Å². The zero-order valence-electron chi connectivity index (χ0n) is 10.0. The van der Waals surface area contributed by atoms with Crippen LogP contribution in [0.4, 0.5) is 0 Å². The summed E-state index contributed by atoms with van der Waals surface area (Å²) in [6.07, 6.45) is 3.60. The van der Waals surface area contributed by atoms with Crippen molar-refractivity contribution in [2.75, 3.05) is 0 Å². The zero-order valence-corrected chi connectivity index (χ0v) is 10.0. The summed E-state index contributed by atoms with van der Waals surface area (Å²) in [6.45, 7) is 7.63. The number of hydrogen-bond acceptors (Lipinski definition) is 2. The normalized spacial score (nSPS) is 13.7. The molecular formula is C11H19N3O. The fourth-order valence-corrected chi connectivity index (χ4v) is 1.27. The van der Waals surface area contributed by atoms with E-state index in [9.17, 15) is 4.79 Å². The molecule has 1 N–H and O–H groups in total. The molecule has 0 aliphatic rings. The van der Waals surface area contributed by atoms with E-state index >= 15 is 0 Å². The first-order chi connectivity index (χ1) is 6.82. The Morgan fingerprint density at radius 1 is 1.53 bits per heavy atom. The van der Waals surface area contributed by atoms with Gasteiger partial charge in [-0.25, -0.2) is 4.98 Å². The number of carbonyl (C=O) groups is 1. The van der Waals surface area contributed by atoms with Crippen LogP contribution in [0.2, 0.25) is 0 Å². The van der Waals surface area contributed by atoms with E-state index in [0.717, 1.165) is 5.82 Å².